The van der Waals surface area contributed by atoms with Crippen LogP contribution in [-0.4, -0.2) is 57.2 Å². The summed E-state index contributed by atoms with van der Waals surface area (Å²) < 4.78 is 31.1. The molecule has 0 saturated carbocycles. The monoisotopic (exact) mass is 460 g/mol. The summed E-state index contributed by atoms with van der Waals surface area (Å²) in [5.74, 6) is -0.893. The van der Waals surface area contributed by atoms with E-state index in [1.54, 1.807) is 31.2 Å². The first-order valence-corrected chi connectivity index (χ1v) is 11.2. The number of hydrogen-bond acceptors (Lipinski definition) is 6. The van der Waals surface area contributed by atoms with E-state index in [0.717, 1.165) is 4.31 Å². The molecule has 1 heterocycles. The van der Waals surface area contributed by atoms with Crippen molar-refractivity contribution in [3.8, 4) is 5.75 Å². The zero-order valence-electron chi connectivity index (χ0n) is 17.9. The first-order chi connectivity index (χ1) is 15.1. The lowest BCUT2D eigenvalue weighted by atomic mass is 10.1. The predicted molar refractivity (Wildman–Crippen MR) is 116 cm³/mol. The molecule has 32 heavy (non-hydrogen) atoms. The fourth-order valence-corrected chi connectivity index (χ4v) is 4.02. The van der Waals surface area contributed by atoms with Crippen LogP contribution in [0.1, 0.15) is 23.7 Å². The molecule has 2 aromatic carbocycles. The lowest BCUT2D eigenvalue weighted by molar-refractivity contribution is -0.125. The smallest absolute Gasteiger partial charge is 0.269 e. The molecule has 0 radical (unpaired) electrons. The largest absolute Gasteiger partial charge is 0.479 e. The van der Waals surface area contributed by atoms with Crippen LogP contribution in [0.5, 0.6) is 5.75 Å². The minimum atomic E-state index is -3.70. The molecule has 0 aromatic heterocycles. The van der Waals surface area contributed by atoms with Crippen molar-refractivity contribution >= 4 is 33.4 Å². The third-order valence-electron chi connectivity index (χ3n) is 4.83. The topological polar surface area (TPSA) is 125 Å². The third kappa shape index (κ3) is 4.89. The van der Waals surface area contributed by atoms with Crippen LogP contribution in [0.3, 0.4) is 0 Å². The Morgan fingerprint density at radius 1 is 1.09 bits per heavy atom. The molecule has 10 nitrogen and oxygen atoms in total. The molecule has 3 amide bonds. The van der Waals surface area contributed by atoms with Gasteiger partial charge in [-0.2, -0.15) is 0 Å². The molecule has 2 N–H and O–H groups in total. The normalized spacial score (nSPS) is 15.7. The average Bonchev–Trinajstić information content (AvgIpc) is 2.77. The minimum Gasteiger partial charge on any atom is -0.479 e. The Hall–Kier alpha value is -3.44. The number of rotatable bonds is 6. The Kier molecular flexibility index (Phi) is 6.80. The summed E-state index contributed by atoms with van der Waals surface area (Å²) in [5.41, 5.74) is 5.19. The average molecular weight is 461 g/mol. The Bertz CT molecular complexity index is 1150. The van der Waals surface area contributed by atoms with E-state index in [9.17, 15) is 22.8 Å². The summed E-state index contributed by atoms with van der Waals surface area (Å²) in [5, 5.41) is 0. The molecule has 2 aromatic rings. The molecule has 1 aliphatic rings. The maximum atomic E-state index is 12.5. The first kappa shape index (κ1) is 23.2. The van der Waals surface area contributed by atoms with E-state index in [-0.39, 0.29) is 29.3 Å². The Balaban J connectivity index is 1.59. The lowest BCUT2D eigenvalue weighted by Gasteiger charge is -2.32. The number of sulfonamides is 1. The van der Waals surface area contributed by atoms with Crippen LogP contribution in [0, 0.1) is 0 Å². The van der Waals surface area contributed by atoms with Gasteiger partial charge >= 0.3 is 0 Å². The Morgan fingerprint density at radius 2 is 1.81 bits per heavy atom. The van der Waals surface area contributed by atoms with Crippen molar-refractivity contribution < 1.29 is 27.5 Å². The maximum Gasteiger partial charge on any atom is 0.269 e. The van der Waals surface area contributed by atoms with Gasteiger partial charge in [0.15, 0.2) is 6.10 Å². The molecule has 1 atom stereocenters. The molecule has 1 aliphatic heterocycles. The fourth-order valence-electron chi connectivity index (χ4n) is 3.07. The van der Waals surface area contributed by atoms with Gasteiger partial charge in [-0.3, -0.25) is 25.2 Å². The summed E-state index contributed by atoms with van der Waals surface area (Å²) in [7, 11) is -0.922. The second-order valence-corrected chi connectivity index (χ2v) is 9.44. The molecule has 170 valence electrons. The second kappa shape index (κ2) is 9.37. The summed E-state index contributed by atoms with van der Waals surface area (Å²) in [6.07, 6.45) is -0.736. The van der Waals surface area contributed by atoms with Gasteiger partial charge in [-0.15, -0.1) is 0 Å². The zero-order chi connectivity index (χ0) is 23.5. The molecule has 0 bridgehead atoms. The molecule has 3 rings (SSSR count). The minimum absolute atomic E-state index is 0.0416. The van der Waals surface area contributed by atoms with Gasteiger partial charge in [0.25, 0.3) is 11.8 Å². The van der Waals surface area contributed by atoms with Crippen molar-refractivity contribution in [1.82, 2.24) is 15.2 Å². The van der Waals surface area contributed by atoms with E-state index in [0.29, 0.717) is 11.4 Å². The summed E-state index contributed by atoms with van der Waals surface area (Å²) >= 11 is 0. The maximum absolute atomic E-state index is 12.5. The number of amides is 3. The quantitative estimate of drug-likeness (QED) is 0.617. The molecular weight excluding hydrogens is 436 g/mol. The number of fused-ring (bicyclic) bond motifs is 1. The third-order valence-corrected chi connectivity index (χ3v) is 6.64. The van der Waals surface area contributed by atoms with Crippen molar-refractivity contribution in [1.29, 1.82) is 0 Å². The van der Waals surface area contributed by atoms with Crippen LogP contribution in [0.15, 0.2) is 53.4 Å². The molecular formula is C21H24N4O6S. The van der Waals surface area contributed by atoms with Crippen molar-refractivity contribution in [3.63, 3.8) is 0 Å². The number of nitrogens with one attached hydrogen (secondary N) is 2. The Morgan fingerprint density at radius 3 is 2.53 bits per heavy atom. The number of hydrazine groups is 1. The molecule has 11 heteroatoms. The van der Waals surface area contributed by atoms with Gasteiger partial charge in [0.05, 0.1) is 10.6 Å². The van der Waals surface area contributed by atoms with Gasteiger partial charge in [-0.1, -0.05) is 18.2 Å². The van der Waals surface area contributed by atoms with Gasteiger partial charge < -0.3 is 9.64 Å². The SMILES string of the molecule is C[C@@H]1Oc2ccccc2N(CCC(=O)NNC(=O)c2cccc(S(=O)(=O)N(C)C)c2)C1=O. The highest BCUT2D eigenvalue weighted by molar-refractivity contribution is 7.89. The molecule has 0 fully saturated rings. The van der Waals surface area contributed by atoms with Gasteiger partial charge in [-0.25, -0.2) is 12.7 Å². The summed E-state index contributed by atoms with van der Waals surface area (Å²) in [4.78, 5) is 38.5. The van der Waals surface area contributed by atoms with Crippen molar-refractivity contribution in [2.45, 2.75) is 24.3 Å². The second-order valence-electron chi connectivity index (χ2n) is 7.29. The van der Waals surface area contributed by atoms with Crippen molar-refractivity contribution in [2.24, 2.45) is 0 Å². The number of carbonyl (C=O) groups excluding carboxylic acids is 3. The van der Waals surface area contributed by atoms with E-state index in [1.807, 2.05) is 0 Å². The number of hydrogen-bond donors (Lipinski definition) is 2. The number of anilines is 1. The number of benzene rings is 2. The highest BCUT2D eigenvalue weighted by Crippen LogP contribution is 2.33. The molecule has 0 saturated heterocycles. The van der Waals surface area contributed by atoms with Crippen LogP contribution >= 0.6 is 0 Å². The van der Waals surface area contributed by atoms with Gasteiger partial charge in [0.2, 0.25) is 15.9 Å². The van der Waals surface area contributed by atoms with Crippen LogP contribution in [0.25, 0.3) is 0 Å². The standard InChI is InChI=1S/C21H24N4O6S/c1-14-21(28)25(17-9-4-5-10-18(17)31-14)12-11-19(26)22-23-20(27)15-7-6-8-16(13-15)32(29,30)24(2)3/h4-10,13-14H,11-12H2,1-3H3,(H,22,26)(H,23,27)/t14-/m0/s1. The lowest BCUT2D eigenvalue weighted by Crippen LogP contribution is -2.47. The highest BCUT2D eigenvalue weighted by atomic mass is 32.2. The van der Waals surface area contributed by atoms with Crippen LogP contribution in [-0.2, 0) is 19.6 Å². The number of ether oxygens (including phenoxy) is 1. The number of para-hydroxylation sites is 2. The van der Waals surface area contributed by atoms with E-state index in [2.05, 4.69) is 10.9 Å². The zero-order valence-corrected chi connectivity index (χ0v) is 18.7. The van der Waals surface area contributed by atoms with Crippen molar-refractivity contribution in [3.05, 3.63) is 54.1 Å². The Labute approximate surface area is 186 Å². The van der Waals surface area contributed by atoms with E-state index in [1.165, 1.54) is 43.3 Å². The molecule has 0 unspecified atom stereocenters. The van der Waals surface area contributed by atoms with Crippen LogP contribution in [0.4, 0.5) is 5.69 Å². The van der Waals surface area contributed by atoms with E-state index < -0.39 is 27.9 Å². The summed E-state index contributed by atoms with van der Waals surface area (Å²) in [6, 6.07) is 12.5. The fraction of sp³-hybridized carbons (Fsp3) is 0.286. The number of nitrogens with zero attached hydrogens (tertiary/aromatic N) is 2. The highest BCUT2D eigenvalue weighted by Gasteiger charge is 2.31. The molecule has 0 spiro atoms. The van der Waals surface area contributed by atoms with Crippen LogP contribution in [0.2, 0.25) is 0 Å². The predicted octanol–water partition coefficient (Wildman–Crippen LogP) is 0.902. The summed E-state index contributed by atoms with van der Waals surface area (Å²) in [6.45, 7) is 1.73. The van der Waals surface area contributed by atoms with Gasteiger partial charge in [0.1, 0.15) is 5.75 Å². The number of carbonyl (C=O) groups is 3. The molecule has 0 aliphatic carbocycles. The van der Waals surface area contributed by atoms with Gasteiger partial charge in [0, 0.05) is 32.6 Å². The van der Waals surface area contributed by atoms with E-state index in [4.69, 9.17) is 4.74 Å². The first-order valence-electron chi connectivity index (χ1n) is 9.80. The van der Waals surface area contributed by atoms with Crippen LogP contribution < -0.4 is 20.5 Å². The van der Waals surface area contributed by atoms with E-state index >= 15 is 0 Å². The van der Waals surface area contributed by atoms with Crippen molar-refractivity contribution in [2.75, 3.05) is 25.5 Å². The van der Waals surface area contributed by atoms with Gasteiger partial charge in [-0.05, 0) is 37.3 Å².